The molecule has 25 heavy (non-hydrogen) atoms. The molecular weight excluding hydrogens is 356 g/mol. The monoisotopic (exact) mass is 366 g/mol. The Morgan fingerprint density at radius 3 is 2.64 bits per heavy atom. The number of benzene rings is 2. The van der Waals surface area contributed by atoms with E-state index in [9.17, 15) is 22.4 Å². The van der Waals surface area contributed by atoms with Gasteiger partial charge in [-0.1, -0.05) is 12.1 Å². The van der Waals surface area contributed by atoms with Crippen LogP contribution < -0.4 is 5.32 Å². The highest BCUT2D eigenvalue weighted by Crippen LogP contribution is 2.25. The molecule has 0 radical (unpaired) electrons. The number of nitrogens with one attached hydrogen (secondary N) is 1. The van der Waals surface area contributed by atoms with Gasteiger partial charge in [-0.3, -0.25) is 4.79 Å². The van der Waals surface area contributed by atoms with Gasteiger partial charge in [0.1, 0.15) is 10.8 Å². The summed E-state index contributed by atoms with van der Waals surface area (Å²) in [6.07, 6.45) is -0.190. The lowest BCUT2D eigenvalue weighted by molar-refractivity contribution is -0.115. The first kappa shape index (κ1) is 17.1. The van der Waals surface area contributed by atoms with Crippen LogP contribution in [0.15, 0.2) is 41.8 Å². The molecule has 0 aliphatic carbocycles. The van der Waals surface area contributed by atoms with Gasteiger partial charge in [0.2, 0.25) is 5.91 Å². The molecule has 1 N–H and O–H groups in total. The summed E-state index contributed by atoms with van der Waals surface area (Å²) in [4.78, 5) is 16.2. The Kier molecular flexibility index (Phi) is 4.80. The molecule has 3 rings (SSSR count). The predicted molar refractivity (Wildman–Crippen MR) is 86.2 cm³/mol. The highest BCUT2D eigenvalue weighted by atomic mass is 32.1. The number of halogens is 4. The number of hydrogen-bond acceptors (Lipinski definition) is 3. The SMILES string of the molecule is O=C(Cc1csc(-c2cccc(F)c2)n1)Nc1ccc(F)c(F)c1F. The Labute approximate surface area is 144 Å². The van der Waals surface area contributed by atoms with E-state index in [-0.39, 0.29) is 6.42 Å². The maximum atomic E-state index is 13.5. The molecule has 1 aromatic heterocycles. The number of hydrogen-bond donors (Lipinski definition) is 1. The fraction of sp³-hybridized carbons (Fsp3) is 0.0588. The van der Waals surface area contributed by atoms with Crippen molar-refractivity contribution in [3.05, 3.63) is 70.7 Å². The number of nitrogens with zero attached hydrogens (tertiary/aromatic N) is 1. The second-order valence-electron chi connectivity index (χ2n) is 5.10. The van der Waals surface area contributed by atoms with Gasteiger partial charge in [0.25, 0.3) is 0 Å². The smallest absolute Gasteiger partial charge is 0.230 e. The first-order chi connectivity index (χ1) is 11.9. The summed E-state index contributed by atoms with van der Waals surface area (Å²) in [5.41, 5.74) is 0.512. The molecule has 1 heterocycles. The van der Waals surface area contributed by atoms with Gasteiger partial charge in [-0.05, 0) is 24.3 Å². The number of carbonyl (C=O) groups excluding carboxylic acids is 1. The maximum absolute atomic E-state index is 13.5. The largest absolute Gasteiger partial charge is 0.323 e. The topological polar surface area (TPSA) is 42.0 Å². The van der Waals surface area contributed by atoms with Gasteiger partial charge in [0, 0.05) is 10.9 Å². The average molecular weight is 366 g/mol. The van der Waals surface area contributed by atoms with E-state index in [1.165, 1.54) is 23.5 Å². The van der Waals surface area contributed by atoms with Crippen LogP contribution in [0.5, 0.6) is 0 Å². The average Bonchev–Trinajstić information content (AvgIpc) is 3.04. The van der Waals surface area contributed by atoms with Crippen molar-refractivity contribution in [1.82, 2.24) is 4.98 Å². The molecule has 0 unspecified atom stereocenters. The number of amides is 1. The van der Waals surface area contributed by atoms with Crippen LogP contribution >= 0.6 is 11.3 Å². The summed E-state index contributed by atoms with van der Waals surface area (Å²) < 4.78 is 52.8. The Balaban J connectivity index is 1.71. The molecule has 128 valence electrons. The van der Waals surface area contributed by atoms with Crippen LogP contribution in [0.1, 0.15) is 5.69 Å². The number of aromatic nitrogens is 1. The van der Waals surface area contributed by atoms with Gasteiger partial charge in [-0.15, -0.1) is 11.3 Å². The summed E-state index contributed by atoms with van der Waals surface area (Å²) in [5, 5.41) is 4.31. The minimum atomic E-state index is -1.65. The Morgan fingerprint density at radius 1 is 1.08 bits per heavy atom. The van der Waals surface area contributed by atoms with E-state index in [0.29, 0.717) is 16.3 Å². The first-order valence-corrected chi connectivity index (χ1v) is 7.95. The molecule has 0 saturated heterocycles. The fourth-order valence-electron chi connectivity index (χ4n) is 2.12. The van der Waals surface area contributed by atoms with E-state index >= 15 is 0 Å². The van der Waals surface area contributed by atoms with Crippen molar-refractivity contribution in [2.75, 3.05) is 5.32 Å². The van der Waals surface area contributed by atoms with E-state index < -0.39 is 34.9 Å². The summed E-state index contributed by atoms with van der Waals surface area (Å²) in [6.45, 7) is 0. The second-order valence-corrected chi connectivity index (χ2v) is 5.96. The van der Waals surface area contributed by atoms with Gasteiger partial charge in [-0.25, -0.2) is 22.5 Å². The third-order valence-corrected chi connectivity index (χ3v) is 4.21. The van der Waals surface area contributed by atoms with Crippen molar-refractivity contribution in [2.24, 2.45) is 0 Å². The minimum Gasteiger partial charge on any atom is -0.323 e. The summed E-state index contributed by atoms with van der Waals surface area (Å²) in [6, 6.07) is 7.51. The van der Waals surface area contributed by atoms with Crippen LogP contribution in [0, 0.1) is 23.3 Å². The molecule has 0 aliphatic rings. The highest BCUT2D eigenvalue weighted by Gasteiger charge is 2.16. The molecule has 1 amide bonds. The van der Waals surface area contributed by atoms with Crippen molar-refractivity contribution in [2.45, 2.75) is 6.42 Å². The van der Waals surface area contributed by atoms with Crippen molar-refractivity contribution in [3.8, 4) is 10.6 Å². The number of rotatable bonds is 4. The van der Waals surface area contributed by atoms with Crippen molar-refractivity contribution < 1.29 is 22.4 Å². The van der Waals surface area contributed by atoms with Gasteiger partial charge in [0.05, 0.1) is 17.8 Å². The van der Waals surface area contributed by atoms with Gasteiger partial charge >= 0.3 is 0 Å². The van der Waals surface area contributed by atoms with E-state index in [1.807, 2.05) is 0 Å². The molecule has 3 nitrogen and oxygen atoms in total. The zero-order chi connectivity index (χ0) is 18.0. The molecule has 8 heteroatoms. The third-order valence-electron chi connectivity index (χ3n) is 3.27. The summed E-state index contributed by atoms with van der Waals surface area (Å²) >= 11 is 1.23. The third kappa shape index (κ3) is 3.85. The lowest BCUT2D eigenvalue weighted by atomic mass is 10.2. The zero-order valence-corrected chi connectivity index (χ0v) is 13.3. The highest BCUT2D eigenvalue weighted by molar-refractivity contribution is 7.13. The van der Waals surface area contributed by atoms with Crippen molar-refractivity contribution in [1.29, 1.82) is 0 Å². The van der Waals surface area contributed by atoms with Gasteiger partial charge in [-0.2, -0.15) is 0 Å². The lowest BCUT2D eigenvalue weighted by Crippen LogP contribution is -2.16. The lowest BCUT2D eigenvalue weighted by Gasteiger charge is -2.06. The van der Waals surface area contributed by atoms with E-state index in [4.69, 9.17) is 0 Å². The molecule has 0 atom stereocenters. The van der Waals surface area contributed by atoms with Crippen molar-refractivity contribution >= 4 is 22.9 Å². The molecule has 0 fully saturated rings. The second kappa shape index (κ2) is 7.02. The number of carbonyl (C=O) groups is 1. The normalized spacial score (nSPS) is 10.7. The number of anilines is 1. The quantitative estimate of drug-likeness (QED) is 0.544. The van der Waals surface area contributed by atoms with Gasteiger partial charge in [0.15, 0.2) is 17.5 Å². The molecular formula is C17H10F4N2OS. The Hall–Kier alpha value is -2.74. The molecule has 2 aromatic carbocycles. The van der Waals surface area contributed by atoms with E-state index in [2.05, 4.69) is 10.3 Å². The predicted octanol–water partition coefficient (Wildman–Crippen LogP) is 4.55. The molecule has 0 bridgehead atoms. The Morgan fingerprint density at radius 2 is 1.88 bits per heavy atom. The summed E-state index contributed by atoms with van der Waals surface area (Å²) in [5.74, 6) is -5.50. The minimum absolute atomic E-state index is 0.190. The first-order valence-electron chi connectivity index (χ1n) is 7.07. The van der Waals surface area contributed by atoms with E-state index in [1.54, 1.807) is 17.5 Å². The van der Waals surface area contributed by atoms with E-state index in [0.717, 1.165) is 12.1 Å². The molecule has 0 spiro atoms. The van der Waals surface area contributed by atoms with Crippen LogP contribution in [0.4, 0.5) is 23.2 Å². The van der Waals surface area contributed by atoms with Crippen LogP contribution in [0.3, 0.4) is 0 Å². The van der Waals surface area contributed by atoms with Crippen molar-refractivity contribution in [3.63, 3.8) is 0 Å². The maximum Gasteiger partial charge on any atom is 0.230 e. The van der Waals surface area contributed by atoms with Crippen LogP contribution in [-0.2, 0) is 11.2 Å². The molecule has 3 aromatic rings. The standard InChI is InChI=1S/C17H10F4N2OS/c18-10-3-1-2-9(6-10)17-22-11(8-25-17)7-14(24)23-13-5-4-12(19)15(20)16(13)21/h1-6,8H,7H2,(H,23,24). The van der Waals surface area contributed by atoms with Crippen LogP contribution in [0.2, 0.25) is 0 Å². The molecule has 0 saturated carbocycles. The molecule has 0 aliphatic heterocycles. The Bertz CT molecular complexity index is 942. The summed E-state index contributed by atoms with van der Waals surface area (Å²) in [7, 11) is 0. The van der Waals surface area contributed by atoms with Crippen LogP contribution in [-0.4, -0.2) is 10.9 Å². The number of thiazole rings is 1. The van der Waals surface area contributed by atoms with Gasteiger partial charge < -0.3 is 5.32 Å². The fourth-order valence-corrected chi connectivity index (χ4v) is 2.94. The van der Waals surface area contributed by atoms with Crippen LogP contribution in [0.25, 0.3) is 10.6 Å². The zero-order valence-electron chi connectivity index (χ0n) is 12.5.